The van der Waals surface area contributed by atoms with E-state index in [1.54, 1.807) is 6.20 Å². The van der Waals surface area contributed by atoms with Crippen LogP contribution in [0.1, 0.15) is 49.5 Å². The van der Waals surface area contributed by atoms with Gasteiger partial charge < -0.3 is 9.47 Å². The number of likely N-dealkylation sites (tertiary alicyclic amines) is 1. The van der Waals surface area contributed by atoms with Crippen molar-refractivity contribution < 1.29 is 4.79 Å². The van der Waals surface area contributed by atoms with Gasteiger partial charge in [-0.2, -0.15) is 0 Å². The van der Waals surface area contributed by atoms with Crippen LogP contribution in [-0.2, 0) is 17.8 Å². The molecule has 2 aliphatic rings. The zero-order chi connectivity index (χ0) is 17.1. The quantitative estimate of drug-likeness (QED) is 0.842. The summed E-state index contributed by atoms with van der Waals surface area (Å²) in [6.07, 6.45) is 12.4. The van der Waals surface area contributed by atoms with Crippen LogP contribution in [0, 0.1) is 5.92 Å². The fourth-order valence-corrected chi connectivity index (χ4v) is 3.97. The molecule has 25 heavy (non-hydrogen) atoms. The van der Waals surface area contributed by atoms with Crippen LogP contribution < -0.4 is 0 Å². The van der Waals surface area contributed by atoms with Gasteiger partial charge in [0.2, 0.25) is 5.91 Å². The summed E-state index contributed by atoms with van der Waals surface area (Å²) in [7, 11) is 0. The normalized spacial score (nSPS) is 21.1. The summed E-state index contributed by atoms with van der Waals surface area (Å²) in [5.41, 5.74) is 0.848. The Morgan fingerprint density at radius 3 is 2.80 bits per heavy atom. The maximum Gasteiger partial charge on any atom is 0.228 e. The first kappa shape index (κ1) is 16.3. The number of aromatic nitrogens is 3. The average Bonchev–Trinajstić information content (AvgIpc) is 3.07. The Morgan fingerprint density at radius 2 is 2.04 bits per heavy atom. The molecule has 2 fully saturated rings. The zero-order valence-electron chi connectivity index (χ0n) is 14.7. The number of rotatable bonds is 5. The van der Waals surface area contributed by atoms with Crippen LogP contribution in [0.2, 0.25) is 0 Å². The number of hydrogen-bond donors (Lipinski definition) is 0. The lowest BCUT2D eigenvalue weighted by Gasteiger charge is -2.33. The molecular formula is C20H26N4O. The molecule has 5 nitrogen and oxygen atoms in total. The first-order valence-corrected chi connectivity index (χ1v) is 9.48. The Morgan fingerprint density at radius 1 is 1.12 bits per heavy atom. The molecule has 0 spiro atoms. The van der Waals surface area contributed by atoms with Gasteiger partial charge in [0.25, 0.3) is 0 Å². The van der Waals surface area contributed by atoms with Gasteiger partial charge in [0.1, 0.15) is 5.82 Å². The molecule has 3 heterocycles. The van der Waals surface area contributed by atoms with Crippen LogP contribution in [0.4, 0.5) is 0 Å². The molecule has 0 bridgehead atoms. The van der Waals surface area contributed by atoms with E-state index in [1.807, 2.05) is 29.3 Å². The van der Waals surface area contributed by atoms with Crippen molar-refractivity contribution in [2.45, 2.75) is 51.0 Å². The minimum Gasteiger partial charge on any atom is -0.342 e. The molecule has 1 aliphatic carbocycles. The van der Waals surface area contributed by atoms with E-state index in [1.165, 1.54) is 25.1 Å². The summed E-state index contributed by atoms with van der Waals surface area (Å²) in [6, 6.07) is 5.74. The summed E-state index contributed by atoms with van der Waals surface area (Å²) in [5.74, 6) is 2.53. The minimum absolute atomic E-state index is 0.181. The number of piperidine rings is 1. The van der Waals surface area contributed by atoms with Crippen molar-refractivity contribution in [3.63, 3.8) is 0 Å². The summed E-state index contributed by atoms with van der Waals surface area (Å²) in [4.78, 5) is 23.6. The van der Waals surface area contributed by atoms with Crippen molar-refractivity contribution in [2.75, 3.05) is 13.1 Å². The van der Waals surface area contributed by atoms with Gasteiger partial charge in [-0.1, -0.05) is 12.5 Å². The molecule has 4 rings (SSSR count). The molecule has 1 atom stereocenters. The van der Waals surface area contributed by atoms with Crippen LogP contribution in [0.5, 0.6) is 0 Å². The summed E-state index contributed by atoms with van der Waals surface area (Å²) in [5, 5.41) is 0. The van der Waals surface area contributed by atoms with E-state index in [4.69, 9.17) is 0 Å². The number of carbonyl (C=O) groups excluding carboxylic acids is 1. The maximum atomic E-state index is 12.7. The predicted octanol–water partition coefficient (Wildman–Crippen LogP) is 3.03. The molecule has 0 radical (unpaired) electrons. The monoisotopic (exact) mass is 338 g/mol. The number of amides is 1. The fourth-order valence-electron chi connectivity index (χ4n) is 3.97. The number of carbonyl (C=O) groups is 1. The van der Waals surface area contributed by atoms with E-state index in [9.17, 15) is 4.79 Å². The van der Waals surface area contributed by atoms with Crippen molar-refractivity contribution in [3.8, 4) is 0 Å². The highest BCUT2D eigenvalue weighted by Gasteiger charge is 2.28. The maximum absolute atomic E-state index is 12.7. The highest BCUT2D eigenvalue weighted by molar-refractivity contribution is 5.78. The summed E-state index contributed by atoms with van der Waals surface area (Å²) < 4.78 is 2.33. The number of hydrogen-bond acceptors (Lipinski definition) is 3. The lowest BCUT2D eigenvalue weighted by atomic mass is 9.85. The molecule has 2 aromatic heterocycles. The van der Waals surface area contributed by atoms with Crippen LogP contribution in [0.25, 0.3) is 0 Å². The van der Waals surface area contributed by atoms with Crippen molar-refractivity contribution in [1.29, 1.82) is 0 Å². The molecule has 1 saturated carbocycles. The highest BCUT2D eigenvalue weighted by atomic mass is 16.2. The third-order valence-electron chi connectivity index (χ3n) is 5.63. The molecule has 2 aromatic rings. The molecule has 5 heteroatoms. The molecular weight excluding hydrogens is 312 g/mol. The first-order valence-electron chi connectivity index (χ1n) is 9.48. The molecule has 0 unspecified atom stereocenters. The van der Waals surface area contributed by atoms with Crippen LogP contribution in [-0.4, -0.2) is 38.4 Å². The fraction of sp³-hybridized carbons (Fsp3) is 0.550. The minimum atomic E-state index is 0.181. The highest BCUT2D eigenvalue weighted by Crippen LogP contribution is 2.31. The molecule has 1 amide bonds. The molecule has 1 saturated heterocycles. The van der Waals surface area contributed by atoms with Gasteiger partial charge in [0.05, 0.1) is 6.42 Å². The van der Waals surface area contributed by atoms with Gasteiger partial charge in [-0.25, -0.2) is 4.98 Å². The first-order chi connectivity index (χ1) is 12.3. The van der Waals surface area contributed by atoms with Gasteiger partial charge in [0.15, 0.2) is 0 Å². The van der Waals surface area contributed by atoms with E-state index in [-0.39, 0.29) is 5.91 Å². The Kier molecular flexibility index (Phi) is 4.81. The van der Waals surface area contributed by atoms with E-state index in [0.717, 1.165) is 44.1 Å². The van der Waals surface area contributed by atoms with Gasteiger partial charge in [-0.05, 0) is 43.7 Å². The van der Waals surface area contributed by atoms with Crippen molar-refractivity contribution >= 4 is 5.91 Å². The lowest BCUT2D eigenvalue weighted by molar-refractivity contribution is -0.131. The predicted molar refractivity (Wildman–Crippen MR) is 96.1 cm³/mol. The summed E-state index contributed by atoms with van der Waals surface area (Å²) >= 11 is 0. The topological polar surface area (TPSA) is 51.0 Å². The van der Waals surface area contributed by atoms with Gasteiger partial charge in [-0.15, -0.1) is 0 Å². The smallest absolute Gasteiger partial charge is 0.228 e. The van der Waals surface area contributed by atoms with Crippen LogP contribution in [0.15, 0.2) is 36.8 Å². The molecule has 0 aromatic carbocycles. The third-order valence-corrected chi connectivity index (χ3v) is 5.63. The van der Waals surface area contributed by atoms with E-state index in [2.05, 4.69) is 20.7 Å². The van der Waals surface area contributed by atoms with E-state index in [0.29, 0.717) is 12.3 Å². The Labute approximate surface area is 149 Å². The van der Waals surface area contributed by atoms with Gasteiger partial charge in [-0.3, -0.25) is 9.78 Å². The Hall–Kier alpha value is -2.17. The Balaban J connectivity index is 1.41. The largest absolute Gasteiger partial charge is 0.342 e. The molecule has 132 valence electrons. The lowest BCUT2D eigenvalue weighted by Crippen LogP contribution is -2.40. The second-order valence-electron chi connectivity index (χ2n) is 7.41. The molecule has 0 N–H and O–H groups in total. The number of imidazole rings is 1. The number of pyridine rings is 1. The van der Waals surface area contributed by atoms with E-state index >= 15 is 0 Å². The third kappa shape index (κ3) is 3.75. The second-order valence-corrected chi connectivity index (χ2v) is 7.41. The van der Waals surface area contributed by atoms with Crippen molar-refractivity contribution in [2.24, 2.45) is 5.92 Å². The van der Waals surface area contributed by atoms with Gasteiger partial charge in [0, 0.05) is 49.8 Å². The average molecular weight is 338 g/mol. The number of nitrogens with zero attached hydrogens (tertiary/aromatic N) is 4. The Bertz CT molecular complexity index is 707. The van der Waals surface area contributed by atoms with Crippen molar-refractivity contribution in [3.05, 3.63) is 48.3 Å². The van der Waals surface area contributed by atoms with Crippen LogP contribution >= 0.6 is 0 Å². The molecule has 1 aliphatic heterocycles. The van der Waals surface area contributed by atoms with E-state index < -0.39 is 0 Å². The standard InChI is InChI=1S/C20H26N4O/c25-19(13-18-8-1-2-9-21-18)23-11-4-7-17(15-23)20-22-10-12-24(20)14-16-5-3-6-16/h1-2,8-10,12,16-17H,3-7,11,13-15H2/t17-/m1/s1. The summed E-state index contributed by atoms with van der Waals surface area (Å²) in [6.45, 7) is 2.73. The zero-order valence-corrected chi connectivity index (χ0v) is 14.7. The SMILES string of the molecule is O=C(Cc1ccccn1)N1CCC[C@@H](c2nccn2CC2CCC2)C1. The van der Waals surface area contributed by atoms with Crippen molar-refractivity contribution in [1.82, 2.24) is 19.4 Å². The van der Waals surface area contributed by atoms with Crippen LogP contribution in [0.3, 0.4) is 0 Å². The second kappa shape index (κ2) is 7.38. The van der Waals surface area contributed by atoms with Gasteiger partial charge >= 0.3 is 0 Å².